The molecule has 134 valence electrons. The van der Waals surface area contributed by atoms with Crippen molar-refractivity contribution in [3.8, 4) is 5.75 Å². The molecule has 3 aliphatic heterocycles. The minimum Gasteiger partial charge on any atom is -0.466 e. The van der Waals surface area contributed by atoms with Crippen LogP contribution in [-0.2, 0) is 0 Å². The van der Waals surface area contributed by atoms with Crippen molar-refractivity contribution in [3.05, 3.63) is 59.9 Å². The van der Waals surface area contributed by atoms with E-state index in [1.165, 1.54) is 12.1 Å². The molecule has 1 N–H and O–H groups in total. The average molecular weight is 349 g/mol. The summed E-state index contributed by atoms with van der Waals surface area (Å²) in [5.41, 5.74) is 2.98. The van der Waals surface area contributed by atoms with Gasteiger partial charge in [-0.3, -0.25) is 4.98 Å². The van der Waals surface area contributed by atoms with E-state index >= 15 is 0 Å². The van der Waals surface area contributed by atoms with Gasteiger partial charge in [-0.15, -0.1) is 0 Å². The molecule has 5 nitrogen and oxygen atoms in total. The van der Waals surface area contributed by atoms with Crippen LogP contribution in [0.25, 0.3) is 0 Å². The number of hydrogen-bond acceptors (Lipinski definition) is 4. The molecule has 0 unspecified atom stereocenters. The van der Waals surface area contributed by atoms with Gasteiger partial charge in [0.2, 0.25) is 5.72 Å². The van der Waals surface area contributed by atoms with E-state index in [2.05, 4.69) is 47.2 Å². The molecule has 0 bridgehead atoms. The summed E-state index contributed by atoms with van der Waals surface area (Å²) in [7, 11) is 0. The van der Waals surface area contributed by atoms with Crippen LogP contribution in [0.1, 0.15) is 43.5 Å². The lowest BCUT2D eigenvalue weighted by atomic mass is 9.91. The van der Waals surface area contributed by atoms with Crippen LogP contribution in [-0.4, -0.2) is 41.1 Å². The van der Waals surface area contributed by atoms with Crippen LogP contribution in [0, 0.1) is 0 Å². The number of quaternary nitrogens is 1. The third-order valence-electron chi connectivity index (χ3n) is 6.10. The lowest BCUT2D eigenvalue weighted by molar-refractivity contribution is -0.906. The summed E-state index contributed by atoms with van der Waals surface area (Å²) in [6.45, 7) is 5.71. The molecule has 0 radical (unpaired) electrons. The predicted octanol–water partition coefficient (Wildman–Crippen LogP) is 2.02. The summed E-state index contributed by atoms with van der Waals surface area (Å²) in [5, 5.41) is 7.33. The van der Waals surface area contributed by atoms with Crippen LogP contribution < -0.4 is 9.64 Å². The number of piperidine rings is 1. The van der Waals surface area contributed by atoms with Crippen molar-refractivity contribution >= 4 is 5.71 Å². The Kier molecular flexibility index (Phi) is 3.71. The Hall–Kier alpha value is -2.40. The van der Waals surface area contributed by atoms with E-state index in [-0.39, 0.29) is 11.8 Å². The van der Waals surface area contributed by atoms with E-state index in [1.54, 1.807) is 4.90 Å². The Bertz CT molecular complexity index is 827. The van der Waals surface area contributed by atoms with Gasteiger partial charge in [0.15, 0.2) is 0 Å². The molecule has 1 spiro atoms. The molecule has 0 amide bonds. The van der Waals surface area contributed by atoms with Crippen molar-refractivity contribution in [3.63, 3.8) is 0 Å². The Morgan fingerprint density at radius 2 is 1.96 bits per heavy atom. The fraction of sp³-hybridized carbons (Fsp3) is 0.429. The number of benzene rings is 1. The minimum absolute atomic E-state index is 0.250. The first-order chi connectivity index (χ1) is 12.8. The molecule has 1 saturated heterocycles. The van der Waals surface area contributed by atoms with E-state index in [1.807, 2.05) is 18.3 Å². The highest BCUT2D eigenvalue weighted by Crippen LogP contribution is 2.48. The first kappa shape index (κ1) is 15.8. The maximum atomic E-state index is 6.64. The Labute approximate surface area is 154 Å². The number of pyridine rings is 1. The Balaban J connectivity index is 1.55. The largest absolute Gasteiger partial charge is 0.466 e. The fourth-order valence-electron chi connectivity index (χ4n) is 4.60. The van der Waals surface area contributed by atoms with Gasteiger partial charge in [-0.1, -0.05) is 24.3 Å². The molecule has 2 aromatic rings. The van der Waals surface area contributed by atoms with Gasteiger partial charge < -0.3 is 9.64 Å². The Morgan fingerprint density at radius 3 is 2.73 bits per heavy atom. The van der Waals surface area contributed by atoms with E-state index in [0.717, 1.165) is 49.5 Å². The number of likely N-dealkylation sites (tertiary alicyclic amines) is 1. The van der Waals surface area contributed by atoms with Gasteiger partial charge >= 0.3 is 0 Å². The highest BCUT2D eigenvalue weighted by molar-refractivity contribution is 6.00. The third kappa shape index (κ3) is 2.42. The van der Waals surface area contributed by atoms with Gasteiger partial charge in [0.1, 0.15) is 5.75 Å². The van der Waals surface area contributed by atoms with Crippen molar-refractivity contribution < 1.29 is 9.64 Å². The number of hydrazone groups is 1. The van der Waals surface area contributed by atoms with Crippen molar-refractivity contribution in [1.29, 1.82) is 0 Å². The molecule has 26 heavy (non-hydrogen) atoms. The maximum absolute atomic E-state index is 6.64. The van der Waals surface area contributed by atoms with Crippen molar-refractivity contribution in [1.82, 2.24) is 9.99 Å². The van der Waals surface area contributed by atoms with Gasteiger partial charge in [0, 0.05) is 18.2 Å². The molecule has 0 saturated carbocycles. The number of hydrogen-bond donors (Lipinski definition) is 1. The van der Waals surface area contributed by atoms with E-state index in [0.29, 0.717) is 0 Å². The second kappa shape index (κ2) is 6.09. The molecule has 4 heterocycles. The zero-order valence-corrected chi connectivity index (χ0v) is 15.2. The Morgan fingerprint density at radius 1 is 1.15 bits per heavy atom. The molecular formula is C21H25N4O+. The quantitative estimate of drug-likeness (QED) is 0.902. The van der Waals surface area contributed by atoms with Crippen LogP contribution in [0.2, 0.25) is 0 Å². The van der Waals surface area contributed by atoms with E-state index in [9.17, 15) is 0 Å². The molecule has 1 aromatic heterocycles. The lowest BCUT2D eigenvalue weighted by Crippen LogP contribution is -3.13. The monoisotopic (exact) mass is 349 g/mol. The molecule has 3 aliphatic rings. The van der Waals surface area contributed by atoms with Gasteiger partial charge in [0.25, 0.3) is 0 Å². The summed E-state index contributed by atoms with van der Waals surface area (Å²) in [6, 6.07) is 14.8. The van der Waals surface area contributed by atoms with Crippen LogP contribution >= 0.6 is 0 Å². The number of ether oxygens (including phenoxy) is 1. The first-order valence-corrected chi connectivity index (χ1v) is 9.69. The molecule has 5 heteroatoms. The number of nitrogens with zero attached hydrogens (tertiary/aromatic N) is 3. The van der Waals surface area contributed by atoms with Crippen molar-refractivity contribution in [2.45, 2.75) is 38.0 Å². The summed E-state index contributed by atoms with van der Waals surface area (Å²) in [4.78, 5) is 6.19. The topological polar surface area (TPSA) is 42.2 Å². The number of aromatic nitrogens is 1. The molecular weight excluding hydrogens is 324 g/mol. The summed E-state index contributed by atoms with van der Waals surface area (Å²) >= 11 is 0. The standard InChI is InChI=1S/C21H24N4O/c1-2-24-13-10-21(11-14-24)25-19(16-7-3-4-9-20(16)26-21)15-18(23-25)17-8-5-6-12-22-17/h3-9,12,19H,2,10-11,13-15H2,1H3/p+1/t19-/m0/s1. The average Bonchev–Trinajstić information content (AvgIpc) is 3.16. The predicted molar refractivity (Wildman–Crippen MR) is 100 cm³/mol. The second-order valence-electron chi connectivity index (χ2n) is 7.52. The second-order valence-corrected chi connectivity index (χ2v) is 7.52. The number of fused-ring (bicyclic) bond motifs is 4. The first-order valence-electron chi connectivity index (χ1n) is 9.69. The zero-order chi connectivity index (χ0) is 17.6. The van der Waals surface area contributed by atoms with E-state index < -0.39 is 0 Å². The fourth-order valence-corrected chi connectivity index (χ4v) is 4.60. The van der Waals surface area contributed by atoms with Crippen LogP contribution in [0.15, 0.2) is 53.8 Å². The molecule has 1 aromatic carbocycles. The highest BCUT2D eigenvalue weighted by atomic mass is 16.5. The molecule has 1 fully saturated rings. The normalized spacial score (nSPS) is 29.7. The number of para-hydroxylation sites is 1. The molecule has 0 aliphatic carbocycles. The van der Waals surface area contributed by atoms with Gasteiger partial charge in [0.05, 0.1) is 49.9 Å². The van der Waals surface area contributed by atoms with Crippen molar-refractivity contribution in [2.75, 3.05) is 19.6 Å². The van der Waals surface area contributed by atoms with Crippen LogP contribution in [0.3, 0.4) is 0 Å². The van der Waals surface area contributed by atoms with Gasteiger partial charge in [-0.25, -0.2) is 5.01 Å². The maximum Gasteiger partial charge on any atom is 0.208 e. The lowest BCUT2D eigenvalue weighted by Gasteiger charge is -2.50. The molecule has 1 atom stereocenters. The van der Waals surface area contributed by atoms with Gasteiger partial charge in [-0.05, 0) is 25.1 Å². The minimum atomic E-state index is -0.311. The third-order valence-corrected chi connectivity index (χ3v) is 6.10. The number of nitrogens with one attached hydrogen (secondary N) is 1. The summed E-state index contributed by atoms with van der Waals surface area (Å²) in [5.74, 6) is 1.03. The van der Waals surface area contributed by atoms with Gasteiger partial charge in [-0.2, -0.15) is 5.10 Å². The highest BCUT2D eigenvalue weighted by Gasteiger charge is 2.52. The number of rotatable bonds is 2. The van der Waals surface area contributed by atoms with Crippen LogP contribution in [0.4, 0.5) is 0 Å². The smallest absolute Gasteiger partial charge is 0.208 e. The molecule has 5 rings (SSSR count). The summed E-state index contributed by atoms with van der Waals surface area (Å²) < 4.78 is 6.64. The van der Waals surface area contributed by atoms with E-state index in [4.69, 9.17) is 9.84 Å². The zero-order valence-electron chi connectivity index (χ0n) is 15.2. The van der Waals surface area contributed by atoms with Crippen LogP contribution in [0.5, 0.6) is 5.75 Å². The van der Waals surface area contributed by atoms with Crippen molar-refractivity contribution in [2.24, 2.45) is 5.10 Å². The summed E-state index contributed by atoms with van der Waals surface area (Å²) in [6.07, 6.45) is 4.77. The SMILES string of the molecule is CC[NH+]1CCC2(CC1)Oc1ccccc1[C@@H]1CC(c3ccccn3)=NN12.